The second kappa shape index (κ2) is 11.0. The number of ether oxygens (including phenoxy) is 2. The van der Waals surface area contributed by atoms with E-state index < -0.39 is 5.91 Å². The Morgan fingerprint density at radius 3 is 2.64 bits per heavy atom. The molecule has 0 aliphatic heterocycles. The smallest absolute Gasteiger partial charge is 0.269 e. The van der Waals surface area contributed by atoms with Crippen LogP contribution in [0.3, 0.4) is 0 Å². The molecule has 0 aliphatic carbocycles. The Morgan fingerprint density at radius 1 is 1.15 bits per heavy atom. The Bertz CT molecular complexity index is 1160. The summed E-state index contributed by atoms with van der Waals surface area (Å²) >= 11 is 1.44. The first-order valence-corrected chi connectivity index (χ1v) is 11.8. The van der Waals surface area contributed by atoms with Crippen molar-refractivity contribution in [1.82, 2.24) is 30.4 Å². The molecule has 0 saturated heterocycles. The fraction of sp³-hybridized carbons (Fsp3) is 0.409. The summed E-state index contributed by atoms with van der Waals surface area (Å²) in [7, 11) is 1.51. The highest BCUT2D eigenvalue weighted by Crippen LogP contribution is 2.28. The molecule has 2 amide bonds. The van der Waals surface area contributed by atoms with Crippen molar-refractivity contribution < 1.29 is 19.1 Å². The number of hydrazine groups is 1. The maximum atomic E-state index is 12.4. The SMILES string of the molecule is CCCOc1ccc(C(=O)NNC(=O)CCc2c(C)nc3nc(SC)nn3c2C)cc1OC. The number of aryl methyl sites for hydroxylation is 2. The number of fused-ring (bicyclic) bond motifs is 1. The molecule has 0 aliphatic rings. The van der Waals surface area contributed by atoms with Gasteiger partial charge in [0, 0.05) is 23.4 Å². The van der Waals surface area contributed by atoms with Crippen molar-refractivity contribution in [3.8, 4) is 11.5 Å². The number of hydrogen-bond donors (Lipinski definition) is 2. The van der Waals surface area contributed by atoms with Crippen molar-refractivity contribution in [3.05, 3.63) is 40.7 Å². The Kier molecular flexibility index (Phi) is 8.10. The summed E-state index contributed by atoms with van der Waals surface area (Å²) in [5.74, 6) is 0.783. The van der Waals surface area contributed by atoms with Gasteiger partial charge in [0.2, 0.25) is 11.1 Å². The number of hydrogen-bond acceptors (Lipinski definition) is 8. The second-order valence-corrected chi connectivity index (χ2v) is 8.06. The first kappa shape index (κ1) is 24.3. The Balaban J connectivity index is 1.59. The van der Waals surface area contributed by atoms with Gasteiger partial charge in [0.25, 0.3) is 11.7 Å². The van der Waals surface area contributed by atoms with E-state index in [4.69, 9.17) is 9.47 Å². The van der Waals surface area contributed by atoms with Gasteiger partial charge in [0.15, 0.2) is 11.5 Å². The maximum absolute atomic E-state index is 12.4. The minimum absolute atomic E-state index is 0.173. The zero-order chi connectivity index (χ0) is 24.0. The number of benzene rings is 1. The van der Waals surface area contributed by atoms with Gasteiger partial charge in [-0.3, -0.25) is 20.4 Å². The Morgan fingerprint density at radius 2 is 1.94 bits per heavy atom. The van der Waals surface area contributed by atoms with Gasteiger partial charge in [0.1, 0.15) is 0 Å². The van der Waals surface area contributed by atoms with Crippen LogP contribution < -0.4 is 20.3 Å². The molecule has 3 rings (SSSR count). The summed E-state index contributed by atoms with van der Waals surface area (Å²) < 4.78 is 12.6. The standard InChI is InChI=1S/C22H28N6O4S/c1-6-11-32-17-9-7-15(12-18(17)31-4)20(30)26-25-19(29)10-8-16-13(2)23-21-24-22(33-5)27-28(21)14(16)3/h7,9,12H,6,8,10-11H2,1-5H3,(H,25,29)(H,26,30). The van der Waals surface area contributed by atoms with E-state index in [1.807, 2.05) is 27.0 Å². The third-order valence-corrected chi connectivity index (χ3v) is 5.56. The molecule has 3 aromatic rings. The number of nitrogens with zero attached hydrogens (tertiary/aromatic N) is 4. The molecule has 0 spiro atoms. The molecule has 2 heterocycles. The van der Waals surface area contributed by atoms with Crippen LogP contribution in [0.25, 0.3) is 5.78 Å². The predicted octanol–water partition coefficient (Wildman–Crippen LogP) is 2.65. The largest absolute Gasteiger partial charge is 0.493 e. The van der Waals surface area contributed by atoms with E-state index in [0.29, 0.717) is 41.0 Å². The maximum Gasteiger partial charge on any atom is 0.269 e. The van der Waals surface area contributed by atoms with Gasteiger partial charge in [-0.1, -0.05) is 18.7 Å². The van der Waals surface area contributed by atoms with Crippen LogP contribution in [-0.4, -0.2) is 51.4 Å². The van der Waals surface area contributed by atoms with E-state index in [-0.39, 0.29) is 12.3 Å². The second-order valence-electron chi connectivity index (χ2n) is 7.29. The summed E-state index contributed by atoms with van der Waals surface area (Å²) in [5, 5.41) is 5.06. The first-order valence-electron chi connectivity index (χ1n) is 10.5. The number of carbonyl (C=O) groups excluding carboxylic acids is 2. The quantitative estimate of drug-likeness (QED) is 0.360. The number of amides is 2. The lowest BCUT2D eigenvalue weighted by Gasteiger charge is -2.13. The minimum Gasteiger partial charge on any atom is -0.493 e. The lowest BCUT2D eigenvalue weighted by Crippen LogP contribution is -2.41. The number of rotatable bonds is 9. The highest BCUT2D eigenvalue weighted by atomic mass is 32.2. The van der Waals surface area contributed by atoms with Crippen LogP contribution in [0.2, 0.25) is 0 Å². The molecule has 11 heteroatoms. The number of nitrogens with one attached hydrogen (secondary N) is 2. The minimum atomic E-state index is -0.452. The number of carbonyl (C=O) groups is 2. The zero-order valence-electron chi connectivity index (χ0n) is 19.4. The van der Waals surface area contributed by atoms with Crippen LogP contribution in [0.15, 0.2) is 23.4 Å². The molecular weight excluding hydrogens is 444 g/mol. The van der Waals surface area contributed by atoms with Crippen LogP contribution >= 0.6 is 11.8 Å². The summed E-state index contributed by atoms with van der Waals surface area (Å²) in [6, 6.07) is 4.86. The third kappa shape index (κ3) is 5.72. The lowest BCUT2D eigenvalue weighted by molar-refractivity contribution is -0.121. The summed E-state index contributed by atoms with van der Waals surface area (Å²) in [6.07, 6.45) is 3.39. The number of aromatic nitrogens is 4. The fourth-order valence-corrected chi connectivity index (χ4v) is 3.61. The summed E-state index contributed by atoms with van der Waals surface area (Å²) in [4.78, 5) is 33.7. The van der Waals surface area contributed by atoms with Crippen molar-refractivity contribution in [2.75, 3.05) is 20.0 Å². The Labute approximate surface area is 196 Å². The molecule has 0 bridgehead atoms. The van der Waals surface area contributed by atoms with E-state index in [9.17, 15) is 9.59 Å². The molecule has 2 N–H and O–H groups in total. The molecule has 33 heavy (non-hydrogen) atoms. The molecule has 1 aromatic carbocycles. The molecule has 0 radical (unpaired) electrons. The van der Waals surface area contributed by atoms with Crippen LogP contribution in [-0.2, 0) is 11.2 Å². The molecule has 2 aromatic heterocycles. The normalized spacial score (nSPS) is 10.8. The van der Waals surface area contributed by atoms with Gasteiger partial charge in [0.05, 0.1) is 13.7 Å². The molecule has 0 fully saturated rings. The Hall–Kier alpha value is -3.34. The van der Waals surface area contributed by atoms with E-state index in [2.05, 4.69) is 25.9 Å². The van der Waals surface area contributed by atoms with Gasteiger partial charge in [-0.25, -0.2) is 9.50 Å². The predicted molar refractivity (Wildman–Crippen MR) is 125 cm³/mol. The van der Waals surface area contributed by atoms with Gasteiger partial charge < -0.3 is 9.47 Å². The molecule has 10 nitrogen and oxygen atoms in total. The van der Waals surface area contributed by atoms with Crippen molar-refractivity contribution in [2.24, 2.45) is 0 Å². The van der Waals surface area contributed by atoms with E-state index in [1.54, 1.807) is 22.7 Å². The molecule has 0 unspecified atom stereocenters. The number of methoxy groups -OCH3 is 1. The molecule has 0 saturated carbocycles. The van der Waals surface area contributed by atoms with Crippen molar-refractivity contribution >= 4 is 29.4 Å². The number of thioether (sulfide) groups is 1. The van der Waals surface area contributed by atoms with E-state index >= 15 is 0 Å². The first-order chi connectivity index (χ1) is 15.9. The molecule has 176 valence electrons. The highest BCUT2D eigenvalue weighted by Gasteiger charge is 2.16. The monoisotopic (exact) mass is 472 g/mol. The van der Waals surface area contributed by atoms with Crippen LogP contribution in [0, 0.1) is 13.8 Å². The van der Waals surface area contributed by atoms with Gasteiger partial charge in [-0.15, -0.1) is 5.10 Å². The van der Waals surface area contributed by atoms with E-state index in [1.165, 1.54) is 18.9 Å². The lowest BCUT2D eigenvalue weighted by atomic mass is 10.1. The van der Waals surface area contributed by atoms with Gasteiger partial charge in [-0.05, 0) is 56.7 Å². The van der Waals surface area contributed by atoms with Crippen molar-refractivity contribution in [1.29, 1.82) is 0 Å². The highest BCUT2D eigenvalue weighted by molar-refractivity contribution is 7.98. The molecular formula is C22H28N6O4S. The average molecular weight is 473 g/mol. The third-order valence-electron chi connectivity index (χ3n) is 5.02. The summed E-state index contributed by atoms with van der Waals surface area (Å²) in [6.45, 7) is 6.37. The fourth-order valence-electron chi connectivity index (χ4n) is 3.28. The van der Waals surface area contributed by atoms with Gasteiger partial charge in [-0.2, -0.15) is 4.98 Å². The average Bonchev–Trinajstić information content (AvgIpc) is 3.24. The molecule has 0 atom stereocenters. The topological polar surface area (TPSA) is 120 Å². The van der Waals surface area contributed by atoms with E-state index in [0.717, 1.165) is 23.4 Å². The van der Waals surface area contributed by atoms with Crippen LogP contribution in [0.1, 0.15) is 47.1 Å². The van der Waals surface area contributed by atoms with Crippen LogP contribution in [0.4, 0.5) is 0 Å². The van der Waals surface area contributed by atoms with Crippen molar-refractivity contribution in [2.45, 2.75) is 45.2 Å². The zero-order valence-corrected chi connectivity index (χ0v) is 20.2. The van der Waals surface area contributed by atoms with Gasteiger partial charge >= 0.3 is 0 Å². The van der Waals surface area contributed by atoms with Crippen molar-refractivity contribution in [3.63, 3.8) is 0 Å². The van der Waals surface area contributed by atoms with Crippen LogP contribution in [0.5, 0.6) is 11.5 Å². The summed E-state index contributed by atoms with van der Waals surface area (Å²) in [5.41, 5.74) is 7.85.